The molecule has 0 aliphatic rings. The molecule has 4 aromatic rings. The monoisotopic (exact) mass is 361 g/mol. The second-order valence-electron chi connectivity index (χ2n) is 5.65. The first-order valence-corrected chi connectivity index (χ1v) is 8.69. The molecule has 0 saturated heterocycles. The number of nitrogens with zero attached hydrogens (tertiary/aromatic N) is 5. The van der Waals surface area contributed by atoms with Gasteiger partial charge in [-0.15, -0.1) is 0 Å². The predicted octanol–water partition coefficient (Wildman–Crippen LogP) is 2.41. The number of hydrogen-bond donors (Lipinski definition) is 2. The molecule has 0 unspecified atom stereocenters. The van der Waals surface area contributed by atoms with Gasteiger partial charge in [-0.1, -0.05) is 23.3 Å². The molecule has 8 heteroatoms. The van der Waals surface area contributed by atoms with Gasteiger partial charge in [-0.3, -0.25) is 9.67 Å². The first-order chi connectivity index (χ1) is 12.7. The van der Waals surface area contributed by atoms with Crippen molar-refractivity contribution in [3.05, 3.63) is 59.8 Å². The van der Waals surface area contributed by atoms with Gasteiger partial charge in [-0.05, 0) is 23.6 Å². The third-order valence-electron chi connectivity index (χ3n) is 3.62. The third-order valence-corrected chi connectivity index (χ3v) is 4.46. The van der Waals surface area contributed by atoms with Crippen LogP contribution < -0.4 is 11.1 Å². The van der Waals surface area contributed by atoms with Gasteiger partial charge in [-0.2, -0.15) is 5.10 Å². The zero-order valence-electron chi connectivity index (χ0n) is 14.0. The Kier molecular flexibility index (Phi) is 4.21. The summed E-state index contributed by atoms with van der Waals surface area (Å²) >= 11 is 1.48. The van der Waals surface area contributed by atoms with Crippen LogP contribution in [-0.4, -0.2) is 24.7 Å². The number of benzene rings is 1. The number of nitrogen functional groups attached to an aromatic ring is 1. The number of thiazole rings is 1. The molecule has 0 saturated carbocycles. The van der Waals surface area contributed by atoms with Gasteiger partial charge < -0.3 is 11.1 Å². The normalized spacial score (nSPS) is 10.5. The maximum atomic E-state index is 5.75. The van der Waals surface area contributed by atoms with Crippen molar-refractivity contribution in [2.75, 3.05) is 11.1 Å². The van der Waals surface area contributed by atoms with E-state index in [1.54, 1.807) is 23.3 Å². The Hall–Kier alpha value is -3.44. The minimum Gasteiger partial charge on any atom is -0.375 e. The lowest BCUT2D eigenvalue weighted by Gasteiger charge is -2.05. The lowest BCUT2D eigenvalue weighted by atomic mass is 10.2. The average Bonchev–Trinajstić information content (AvgIpc) is 3.22. The Morgan fingerprint density at radius 2 is 2.12 bits per heavy atom. The average molecular weight is 361 g/mol. The van der Waals surface area contributed by atoms with Gasteiger partial charge in [0.1, 0.15) is 11.5 Å². The Bertz CT molecular complexity index is 1130. The van der Waals surface area contributed by atoms with Gasteiger partial charge in [-0.25, -0.2) is 9.97 Å². The highest BCUT2D eigenvalue weighted by atomic mass is 32.1. The highest BCUT2D eigenvalue weighted by Crippen LogP contribution is 2.24. The third kappa shape index (κ3) is 3.63. The molecule has 3 heterocycles. The smallest absolute Gasteiger partial charge is 0.181 e. The van der Waals surface area contributed by atoms with E-state index < -0.39 is 0 Å². The summed E-state index contributed by atoms with van der Waals surface area (Å²) in [5, 5.41) is 7.94. The van der Waals surface area contributed by atoms with Gasteiger partial charge in [0.25, 0.3) is 0 Å². The van der Waals surface area contributed by atoms with E-state index in [0.29, 0.717) is 23.2 Å². The number of nitrogens with two attached hydrogens (primary N) is 1. The van der Waals surface area contributed by atoms with E-state index in [1.807, 2.05) is 25.4 Å². The Balaban J connectivity index is 1.47. The fraction of sp³-hybridized carbons (Fsp3) is 0.111. The maximum Gasteiger partial charge on any atom is 0.181 e. The van der Waals surface area contributed by atoms with Crippen LogP contribution in [0.2, 0.25) is 0 Å². The van der Waals surface area contributed by atoms with Crippen LogP contribution in [0, 0.1) is 11.8 Å². The van der Waals surface area contributed by atoms with Gasteiger partial charge >= 0.3 is 0 Å². The van der Waals surface area contributed by atoms with Crippen LogP contribution in [0.1, 0.15) is 16.8 Å². The van der Waals surface area contributed by atoms with Crippen molar-refractivity contribution in [3.8, 4) is 11.8 Å². The largest absolute Gasteiger partial charge is 0.375 e. The maximum absolute atomic E-state index is 5.75. The second kappa shape index (κ2) is 6.82. The summed E-state index contributed by atoms with van der Waals surface area (Å²) in [7, 11) is 1.85. The van der Waals surface area contributed by atoms with E-state index in [0.717, 1.165) is 21.3 Å². The number of rotatable bonds is 3. The molecular weight excluding hydrogens is 346 g/mol. The molecular formula is C18H15N7S. The standard InChI is InChI=1S/C18H15N7S/c1-25-11-13(8-22-25)2-4-14-9-20-10-17(23-14)21-7-12-3-5-15-16(6-12)26-18(19)24-15/h3,5-6,8-11H,7H2,1H3,(H2,19,24)(H,21,23). The second-order valence-corrected chi connectivity index (χ2v) is 6.71. The molecule has 3 N–H and O–H groups in total. The topological polar surface area (TPSA) is 94.5 Å². The fourth-order valence-electron chi connectivity index (χ4n) is 2.42. The summed E-state index contributed by atoms with van der Waals surface area (Å²) in [5.74, 6) is 6.70. The van der Waals surface area contributed by atoms with Gasteiger partial charge in [0.15, 0.2) is 5.13 Å². The molecule has 0 spiro atoms. The fourth-order valence-corrected chi connectivity index (χ4v) is 3.22. The number of nitrogens with one attached hydrogen (secondary N) is 1. The van der Waals surface area contributed by atoms with E-state index >= 15 is 0 Å². The molecule has 0 bridgehead atoms. The van der Waals surface area contributed by atoms with Crippen LogP contribution in [0.5, 0.6) is 0 Å². The molecule has 0 fully saturated rings. The highest BCUT2D eigenvalue weighted by Gasteiger charge is 2.03. The molecule has 0 aliphatic carbocycles. The van der Waals surface area contributed by atoms with Crippen molar-refractivity contribution >= 4 is 32.5 Å². The minimum absolute atomic E-state index is 0.580. The van der Waals surface area contributed by atoms with Crippen LogP contribution in [0.15, 0.2) is 43.0 Å². The Labute approximate surface area is 153 Å². The highest BCUT2D eigenvalue weighted by molar-refractivity contribution is 7.22. The van der Waals surface area contributed by atoms with E-state index in [9.17, 15) is 0 Å². The van der Waals surface area contributed by atoms with Gasteiger partial charge in [0.05, 0.1) is 34.4 Å². The molecule has 0 radical (unpaired) electrons. The van der Waals surface area contributed by atoms with E-state index in [4.69, 9.17) is 5.73 Å². The zero-order valence-corrected chi connectivity index (χ0v) is 14.8. The van der Waals surface area contributed by atoms with E-state index in [1.165, 1.54) is 11.3 Å². The first-order valence-electron chi connectivity index (χ1n) is 7.87. The SMILES string of the molecule is Cn1cc(C#Cc2cncc(NCc3ccc4nc(N)sc4c3)n2)cn1. The number of anilines is 2. The van der Waals surface area contributed by atoms with Crippen LogP contribution in [0.4, 0.5) is 10.9 Å². The molecule has 1 aromatic carbocycles. The van der Waals surface area contributed by atoms with Crippen LogP contribution in [-0.2, 0) is 13.6 Å². The number of aromatic nitrogens is 5. The Morgan fingerprint density at radius 3 is 2.96 bits per heavy atom. The predicted molar refractivity (Wildman–Crippen MR) is 103 cm³/mol. The van der Waals surface area contributed by atoms with Crippen molar-refractivity contribution in [1.29, 1.82) is 0 Å². The summed E-state index contributed by atoms with van der Waals surface area (Å²) in [6.07, 6.45) is 6.88. The number of hydrogen-bond acceptors (Lipinski definition) is 7. The summed E-state index contributed by atoms with van der Waals surface area (Å²) in [4.78, 5) is 12.9. The number of aryl methyl sites for hydroxylation is 1. The van der Waals surface area contributed by atoms with Crippen molar-refractivity contribution < 1.29 is 0 Å². The summed E-state index contributed by atoms with van der Waals surface area (Å²) < 4.78 is 2.78. The molecule has 0 aliphatic heterocycles. The summed E-state index contributed by atoms with van der Waals surface area (Å²) in [6, 6.07) is 6.07. The lowest BCUT2D eigenvalue weighted by Crippen LogP contribution is -2.02. The van der Waals surface area contributed by atoms with Crippen molar-refractivity contribution in [1.82, 2.24) is 24.7 Å². The molecule has 26 heavy (non-hydrogen) atoms. The molecule has 0 amide bonds. The van der Waals surface area contributed by atoms with Gasteiger partial charge in [0, 0.05) is 19.8 Å². The van der Waals surface area contributed by atoms with E-state index in [2.05, 4.69) is 43.3 Å². The van der Waals surface area contributed by atoms with Crippen molar-refractivity contribution in [2.45, 2.75) is 6.54 Å². The quantitative estimate of drug-likeness (QED) is 0.544. The van der Waals surface area contributed by atoms with Crippen LogP contribution in [0.25, 0.3) is 10.2 Å². The van der Waals surface area contributed by atoms with E-state index in [-0.39, 0.29) is 0 Å². The van der Waals surface area contributed by atoms with Crippen LogP contribution >= 0.6 is 11.3 Å². The zero-order chi connectivity index (χ0) is 17.9. The van der Waals surface area contributed by atoms with Crippen LogP contribution in [0.3, 0.4) is 0 Å². The Morgan fingerprint density at radius 1 is 1.19 bits per heavy atom. The molecule has 0 atom stereocenters. The first kappa shape index (κ1) is 16.1. The van der Waals surface area contributed by atoms with Crippen molar-refractivity contribution in [3.63, 3.8) is 0 Å². The lowest BCUT2D eigenvalue weighted by molar-refractivity contribution is 0.767. The summed E-state index contributed by atoms with van der Waals surface area (Å²) in [6.45, 7) is 0.627. The summed E-state index contributed by atoms with van der Waals surface area (Å²) in [5.41, 5.74) is 9.23. The molecule has 128 valence electrons. The minimum atomic E-state index is 0.580. The molecule has 4 rings (SSSR count). The number of fused-ring (bicyclic) bond motifs is 1. The molecule has 7 nitrogen and oxygen atoms in total. The molecule has 3 aromatic heterocycles. The van der Waals surface area contributed by atoms with Crippen molar-refractivity contribution in [2.24, 2.45) is 7.05 Å². The van der Waals surface area contributed by atoms with Gasteiger partial charge in [0.2, 0.25) is 0 Å².